The summed E-state index contributed by atoms with van der Waals surface area (Å²) in [6.45, 7) is 0. The molecule has 4 aliphatic carbocycles. The Bertz CT molecular complexity index is 715. The highest BCUT2D eigenvalue weighted by Crippen LogP contribution is 3.01. The molecular weight excluding hydrogens is 280 g/mol. The summed E-state index contributed by atoms with van der Waals surface area (Å²) in [6, 6.07) is 22.4. The van der Waals surface area contributed by atoms with Crippen LogP contribution >= 0.6 is 0 Å². The SMILES string of the molecule is OC1[C@H]2CC[C@@H]1[C@]13CC[C@]21C3(c1ccccc1)c1ccccc1. The molecule has 23 heavy (non-hydrogen) atoms. The molecule has 0 spiro atoms. The van der Waals surface area contributed by atoms with Gasteiger partial charge in [0.1, 0.15) is 0 Å². The van der Waals surface area contributed by atoms with Crippen LogP contribution in [-0.4, -0.2) is 11.2 Å². The van der Waals surface area contributed by atoms with Gasteiger partial charge in [-0.3, -0.25) is 0 Å². The molecule has 0 aromatic heterocycles. The van der Waals surface area contributed by atoms with Gasteiger partial charge in [0, 0.05) is 5.41 Å². The fraction of sp³-hybridized carbons (Fsp3) is 0.455. The van der Waals surface area contributed by atoms with Gasteiger partial charge >= 0.3 is 0 Å². The van der Waals surface area contributed by atoms with Crippen LogP contribution in [0.2, 0.25) is 0 Å². The van der Waals surface area contributed by atoms with Gasteiger partial charge in [-0.1, -0.05) is 60.7 Å². The molecule has 2 bridgehead atoms. The predicted octanol–water partition coefficient (Wildman–Crippen LogP) is 4.15. The van der Waals surface area contributed by atoms with Crippen LogP contribution in [0.1, 0.15) is 36.8 Å². The zero-order chi connectivity index (χ0) is 15.3. The minimum Gasteiger partial charge on any atom is -0.393 e. The van der Waals surface area contributed by atoms with Crippen molar-refractivity contribution < 1.29 is 5.11 Å². The molecule has 0 amide bonds. The predicted molar refractivity (Wildman–Crippen MR) is 90.0 cm³/mol. The summed E-state index contributed by atoms with van der Waals surface area (Å²) in [4.78, 5) is 0. The summed E-state index contributed by atoms with van der Waals surface area (Å²) in [5.41, 5.74) is 3.82. The maximum Gasteiger partial charge on any atom is 0.0608 e. The topological polar surface area (TPSA) is 20.2 Å². The molecule has 0 saturated heterocycles. The van der Waals surface area contributed by atoms with Crippen LogP contribution in [0, 0.1) is 22.7 Å². The molecular formula is C22H22O. The van der Waals surface area contributed by atoms with Crippen molar-refractivity contribution in [2.45, 2.75) is 37.2 Å². The van der Waals surface area contributed by atoms with Crippen LogP contribution in [0.25, 0.3) is 0 Å². The number of fused-ring (bicyclic) bond motifs is 2. The van der Waals surface area contributed by atoms with Crippen LogP contribution in [0.3, 0.4) is 0 Å². The second-order valence-corrected chi connectivity index (χ2v) is 8.21. The minimum atomic E-state index is -0.0435. The highest BCUT2D eigenvalue weighted by atomic mass is 16.3. The molecule has 4 saturated carbocycles. The minimum absolute atomic E-state index is 0.0435. The molecule has 1 heteroatoms. The van der Waals surface area contributed by atoms with E-state index in [4.69, 9.17) is 0 Å². The lowest BCUT2D eigenvalue weighted by Crippen LogP contribution is -2.32. The van der Waals surface area contributed by atoms with Gasteiger partial charge in [0.2, 0.25) is 0 Å². The Hall–Kier alpha value is -1.60. The first-order valence-corrected chi connectivity index (χ1v) is 9.10. The zero-order valence-electron chi connectivity index (χ0n) is 13.3. The second-order valence-electron chi connectivity index (χ2n) is 8.21. The van der Waals surface area contributed by atoms with E-state index in [-0.39, 0.29) is 11.5 Å². The fourth-order valence-electron chi connectivity index (χ4n) is 8.01. The van der Waals surface area contributed by atoms with Crippen LogP contribution in [0.5, 0.6) is 0 Å². The Morgan fingerprint density at radius 1 is 0.696 bits per heavy atom. The molecule has 1 nitrogen and oxygen atoms in total. The van der Waals surface area contributed by atoms with E-state index in [1.165, 1.54) is 36.8 Å². The van der Waals surface area contributed by atoms with Crippen LogP contribution in [0.15, 0.2) is 60.7 Å². The van der Waals surface area contributed by atoms with Gasteiger partial charge in [-0.15, -0.1) is 0 Å². The van der Waals surface area contributed by atoms with Crippen molar-refractivity contribution in [2.24, 2.45) is 22.7 Å². The van der Waals surface area contributed by atoms with E-state index in [1.54, 1.807) is 0 Å². The highest BCUT2D eigenvalue weighted by Gasteiger charge is 2.99. The molecule has 1 unspecified atom stereocenters. The summed E-state index contributed by atoms with van der Waals surface area (Å²) in [5.74, 6) is 1.03. The lowest BCUT2D eigenvalue weighted by molar-refractivity contribution is 0.0854. The molecule has 0 radical (unpaired) electrons. The van der Waals surface area contributed by atoms with Crippen molar-refractivity contribution in [1.29, 1.82) is 0 Å². The van der Waals surface area contributed by atoms with Gasteiger partial charge in [0.05, 0.1) is 6.10 Å². The van der Waals surface area contributed by atoms with Gasteiger partial charge in [-0.2, -0.15) is 0 Å². The Labute approximate surface area is 137 Å². The third-order valence-electron chi connectivity index (χ3n) is 8.28. The van der Waals surface area contributed by atoms with Crippen LogP contribution in [0.4, 0.5) is 0 Å². The van der Waals surface area contributed by atoms with Gasteiger partial charge in [0.25, 0.3) is 0 Å². The molecule has 4 aliphatic rings. The second kappa shape index (κ2) is 3.72. The van der Waals surface area contributed by atoms with E-state index < -0.39 is 0 Å². The fourth-order valence-corrected chi connectivity index (χ4v) is 8.01. The van der Waals surface area contributed by atoms with E-state index in [0.717, 1.165) is 0 Å². The van der Waals surface area contributed by atoms with Gasteiger partial charge < -0.3 is 5.11 Å². The Kier molecular flexibility index (Phi) is 2.07. The van der Waals surface area contributed by atoms with Crippen molar-refractivity contribution in [3.8, 4) is 0 Å². The number of aliphatic hydroxyl groups is 1. The molecule has 0 aliphatic heterocycles. The largest absolute Gasteiger partial charge is 0.393 e. The quantitative estimate of drug-likeness (QED) is 0.883. The van der Waals surface area contributed by atoms with Crippen molar-refractivity contribution in [2.75, 3.05) is 0 Å². The van der Waals surface area contributed by atoms with Gasteiger partial charge in [0.15, 0.2) is 0 Å². The normalized spacial score (nSPS) is 44.3. The zero-order valence-corrected chi connectivity index (χ0v) is 13.3. The summed E-state index contributed by atoms with van der Waals surface area (Å²) >= 11 is 0. The highest BCUT2D eigenvalue weighted by molar-refractivity contribution is 5.64. The van der Waals surface area contributed by atoms with Gasteiger partial charge in [-0.05, 0) is 59.5 Å². The molecule has 2 aromatic rings. The maximum atomic E-state index is 10.8. The van der Waals surface area contributed by atoms with E-state index in [1.807, 2.05) is 0 Å². The molecule has 116 valence electrons. The first-order chi connectivity index (χ1) is 11.3. The monoisotopic (exact) mass is 302 g/mol. The average molecular weight is 302 g/mol. The number of hydrogen-bond donors (Lipinski definition) is 1. The number of hydrogen-bond acceptors (Lipinski definition) is 1. The summed E-state index contributed by atoms with van der Waals surface area (Å²) in [7, 11) is 0. The Morgan fingerprint density at radius 2 is 1.13 bits per heavy atom. The van der Waals surface area contributed by atoms with Crippen molar-refractivity contribution in [3.05, 3.63) is 71.8 Å². The van der Waals surface area contributed by atoms with Crippen LogP contribution < -0.4 is 0 Å². The molecule has 2 aromatic carbocycles. The Balaban J connectivity index is 1.66. The van der Waals surface area contributed by atoms with Gasteiger partial charge in [-0.25, -0.2) is 0 Å². The summed E-state index contributed by atoms with van der Waals surface area (Å²) in [6.07, 6.45) is 5.02. The number of rotatable bonds is 2. The van der Waals surface area contributed by atoms with Crippen molar-refractivity contribution >= 4 is 0 Å². The van der Waals surface area contributed by atoms with E-state index in [9.17, 15) is 5.11 Å². The average Bonchev–Trinajstić information content (AvgIpc) is 2.74. The van der Waals surface area contributed by atoms with Crippen molar-refractivity contribution in [3.63, 3.8) is 0 Å². The summed E-state index contributed by atoms with van der Waals surface area (Å²) in [5, 5.41) is 10.8. The van der Waals surface area contributed by atoms with Crippen LogP contribution in [-0.2, 0) is 5.41 Å². The smallest absolute Gasteiger partial charge is 0.0608 e. The number of benzene rings is 2. The van der Waals surface area contributed by atoms with E-state index in [2.05, 4.69) is 60.7 Å². The lowest BCUT2D eigenvalue weighted by atomic mass is 9.66. The van der Waals surface area contributed by atoms with E-state index in [0.29, 0.717) is 22.7 Å². The molecule has 6 rings (SSSR count). The third-order valence-corrected chi connectivity index (χ3v) is 8.28. The first-order valence-electron chi connectivity index (χ1n) is 9.10. The lowest BCUT2D eigenvalue weighted by Gasteiger charge is -2.37. The first kappa shape index (κ1) is 12.8. The molecule has 5 atom stereocenters. The standard InChI is InChI=1S/C22H22O/c23-19-17-11-12-18(19)21-14-13-20(17,21)22(21,15-7-3-1-4-8-15)16-9-5-2-6-10-16/h1-10,17-19,23H,11-14H2/t17-,18+,19?,20+,21-. The molecule has 4 fully saturated rings. The third kappa shape index (κ3) is 0.993. The number of aliphatic hydroxyl groups excluding tert-OH is 1. The molecule has 1 N–H and O–H groups in total. The van der Waals surface area contributed by atoms with Crippen molar-refractivity contribution in [1.82, 2.24) is 0 Å². The Morgan fingerprint density at radius 3 is 1.52 bits per heavy atom. The maximum absolute atomic E-state index is 10.8. The summed E-state index contributed by atoms with van der Waals surface area (Å²) < 4.78 is 0. The van der Waals surface area contributed by atoms with E-state index >= 15 is 0 Å². The molecule has 0 heterocycles.